The third-order valence-corrected chi connectivity index (χ3v) is 7.25. The average Bonchev–Trinajstić information content (AvgIpc) is 3.44. The van der Waals surface area contributed by atoms with Crippen LogP contribution in [0, 0.1) is 5.92 Å². The van der Waals surface area contributed by atoms with Gasteiger partial charge in [-0.3, -0.25) is 4.79 Å². The van der Waals surface area contributed by atoms with Crippen LogP contribution in [0.25, 0.3) is 11.6 Å². The molecule has 30 heavy (non-hydrogen) atoms. The molecule has 1 atom stereocenters. The van der Waals surface area contributed by atoms with Crippen molar-refractivity contribution >= 4 is 40.0 Å². The number of carbonyl (C=O) groups excluding carboxylic acids is 2. The van der Waals surface area contributed by atoms with Crippen LogP contribution in [0.4, 0.5) is 5.00 Å². The molecule has 0 saturated carbocycles. The lowest BCUT2D eigenvalue weighted by Gasteiger charge is -2.18. The first-order chi connectivity index (χ1) is 14.5. The van der Waals surface area contributed by atoms with Crippen molar-refractivity contribution in [3.63, 3.8) is 0 Å². The summed E-state index contributed by atoms with van der Waals surface area (Å²) in [6.07, 6.45) is 4.35. The van der Waals surface area contributed by atoms with Gasteiger partial charge in [-0.25, -0.2) is 4.79 Å². The molecular formula is C20H22N4O4S2. The van der Waals surface area contributed by atoms with Gasteiger partial charge in [0, 0.05) is 11.9 Å². The summed E-state index contributed by atoms with van der Waals surface area (Å²) in [5, 5.41) is 12.3. The Morgan fingerprint density at radius 3 is 3.00 bits per heavy atom. The molecule has 3 aromatic heterocycles. The number of ether oxygens (including phenoxy) is 1. The van der Waals surface area contributed by atoms with E-state index < -0.39 is 5.97 Å². The van der Waals surface area contributed by atoms with Crippen molar-refractivity contribution in [2.75, 3.05) is 18.2 Å². The largest absolute Gasteiger partial charge is 0.465 e. The predicted octanol–water partition coefficient (Wildman–Crippen LogP) is 3.78. The number of furan rings is 1. The number of carbonyl (C=O) groups is 2. The molecule has 158 valence electrons. The maximum Gasteiger partial charge on any atom is 0.341 e. The third kappa shape index (κ3) is 4.01. The Kier molecular flexibility index (Phi) is 5.96. The van der Waals surface area contributed by atoms with Gasteiger partial charge in [0.25, 0.3) is 0 Å². The molecule has 3 aromatic rings. The standard InChI is InChI=1S/C20H22N4O4S2/c1-11-6-7-12-14(9-11)30-18(16(12)19(26)27-3)21-15(25)10-29-20-23-22-17(24(20)2)13-5-4-8-28-13/h4-5,8,11H,6-7,9-10H2,1-3H3,(H,21,25). The highest BCUT2D eigenvalue weighted by Crippen LogP contribution is 2.40. The van der Waals surface area contributed by atoms with Crippen LogP contribution in [-0.2, 0) is 29.4 Å². The molecule has 1 aliphatic carbocycles. The molecule has 0 aliphatic heterocycles. The quantitative estimate of drug-likeness (QED) is 0.454. The minimum atomic E-state index is -0.401. The normalized spacial score (nSPS) is 15.6. The summed E-state index contributed by atoms with van der Waals surface area (Å²) >= 11 is 2.75. The lowest BCUT2D eigenvalue weighted by atomic mass is 9.88. The number of hydrogen-bond acceptors (Lipinski definition) is 8. The summed E-state index contributed by atoms with van der Waals surface area (Å²) in [6.45, 7) is 2.20. The van der Waals surface area contributed by atoms with Crippen molar-refractivity contribution in [1.29, 1.82) is 0 Å². The molecular weight excluding hydrogens is 424 g/mol. The van der Waals surface area contributed by atoms with Gasteiger partial charge in [0.2, 0.25) is 5.91 Å². The van der Waals surface area contributed by atoms with Crippen LogP contribution in [0.5, 0.6) is 0 Å². The first-order valence-electron chi connectivity index (χ1n) is 9.56. The van der Waals surface area contributed by atoms with Crippen LogP contribution in [-0.4, -0.2) is 39.5 Å². The van der Waals surface area contributed by atoms with Crippen LogP contribution in [0.3, 0.4) is 0 Å². The van der Waals surface area contributed by atoms with Crippen molar-refractivity contribution in [2.45, 2.75) is 31.3 Å². The first kappa shape index (κ1) is 20.7. The van der Waals surface area contributed by atoms with Crippen LogP contribution in [0.1, 0.15) is 34.1 Å². The van der Waals surface area contributed by atoms with Crippen LogP contribution in [0.2, 0.25) is 0 Å². The van der Waals surface area contributed by atoms with Crippen LogP contribution >= 0.6 is 23.1 Å². The topological polar surface area (TPSA) is 99.2 Å². The number of rotatable bonds is 6. The summed E-state index contributed by atoms with van der Waals surface area (Å²) in [5.74, 6) is 1.31. The highest BCUT2D eigenvalue weighted by molar-refractivity contribution is 7.99. The second-order valence-electron chi connectivity index (χ2n) is 7.23. The fourth-order valence-electron chi connectivity index (χ4n) is 3.51. The second kappa shape index (κ2) is 8.65. The molecule has 0 bridgehead atoms. The highest BCUT2D eigenvalue weighted by atomic mass is 32.2. The van der Waals surface area contributed by atoms with Crippen molar-refractivity contribution in [1.82, 2.24) is 14.8 Å². The lowest BCUT2D eigenvalue weighted by Crippen LogP contribution is -2.17. The average molecular weight is 447 g/mol. The third-order valence-electron chi connectivity index (χ3n) is 5.06. The molecule has 0 spiro atoms. The fourth-order valence-corrected chi connectivity index (χ4v) is 5.64. The zero-order chi connectivity index (χ0) is 21.3. The molecule has 4 rings (SSSR count). The molecule has 0 aromatic carbocycles. The molecule has 3 heterocycles. The Morgan fingerprint density at radius 2 is 2.27 bits per heavy atom. The van der Waals surface area contributed by atoms with Crippen molar-refractivity contribution in [3.05, 3.63) is 34.4 Å². The van der Waals surface area contributed by atoms with Gasteiger partial charge in [-0.2, -0.15) is 0 Å². The van der Waals surface area contributed by atoms with E-state index in [0.29, 0.717) is 33.2 Å². The number of nitrogens with zero attached hydrogens (tertiary/aromatic N) is 3. The maximum atomic E-state index is 12.6. The SMILES string of the molecule is COC(=O)c1c(NC(=O)CSc2nnc(-c3ccco3)n2C)sc2c1CCC(C)C2. The number of thioether (sulfide) groups is 1. The minimum Gasteiger partial charge on any atom is -0.465 e. The Bertz CT molecular complexity index is 1070. The van der Waals surface area contributed by atoms with E-state index in [1.807, 2.05) is 7.05 Å². The zero-order valence-corrected chi connectivity index (χ0v) is 18.6. The molecule has 1 aliphatic rings. The van der Waals surface area contributed by atoms with E-state index in [1.165, 1.54) is 30.2 Å². The molecule has 1 N–H and O–H groups in total. The van der Waals surface area contributed by atoms with Gasteiger partial charge in [-0.15, -0.1) is 21.5 Å². The van der Waals surface area contributed by atoms with Crippen LogP contribution < -0.4 is 5.32 Å². The van der Waals surface area contributed by atoms with Crippen molar-refractivity contribution in [2.24, 2.45) is 13.0 Å². The molecule has 0 fully saturated rings. The van der Waals surface area contributed by atoms with Gasteiger partial charge < -0.3 is 19.0 Å². The Labute approximate surface area is 182 Å². The van der Waals surface area contributed by atoms with Gasteiger partial charge in [0.1, 0.15) is 5.00 Å². The Balaban J connectivity index is 1.47. The summed E-state index contributed by atoms with van der Waals surface area (Å²) in [5.41, 5.74) is 1.52. The monoisotopic (exact) mass is 446 g/mol. The Morgan fingerprint density at radius 1 is 1.43 bits per heavy atom. The number of fused-ring (bicyclic) bond motifs is 1. The van der Waals surface area contributed by atoms with E-state index in [-0.39, 0.29) is 11.7 Å². The summed E-state index contributed by atoms with van der Waals surface area (Å²) in [7, 11) is 3.19. The Hall–Kier alpha value is -2.59. The molecule has 1 unspecified atom stereocenters. The predicted molar refractivity (Wildman–Crippen MR) is 115 cm³/mol. The number of aromatic nitrogens is 3. The summed E-state index contributed by atoms with van der Waals surface area (Å²) in [6, 6.07) is 3.59. The number of nitrogens with one attached hydrogen (secondary N) is 1. The number of methoxy groups -OCH3 is 1. The summed E-state index contributed by atoms with van der Waals surface area (Å²) < 4.78 is 12.1. The van der Waals surface area contributed by atoms with E-state index in [0.717, 1.165) is 29.7 Å². The zero-order valence-electron chi connectivity index (χ0n) is 16.9. The number of esters is 1. The van der Waals surface area contributed by atoms with E-state index in [1.54, 1.807) is 23.0 Å². The van der Waals surface area contributed by atoms with E-state index in [9.17, 15) is 9.59 Å². The number of hydrogen-bond donors (Lipinski definition) is 1. The fraction of sp³-hybridized carbons (Fsp3) is 0.400. The molecule has 10 heteroatoms. The summed E-state index contributed by atoms with van der Waals surface area (Å²) in [4.78, 5) is 26.1. The number of anilines is 1. The number of thiophene rings is 1. The second-order valence-corrected chi connectivity index (χ2v) is 9.27. The number of amides is 1. The van der Waals surface area contributed by atoms with E-state index in [4.69, 9.17) is 9.15 Å². The van der Waals surface area contributed by atoms with E-state index >= 15 is 0 Å². The molecule has 1 amide bonds. The van der Waals surface area contributed by atoms with E-state index in [2.05, 4.69) is 22.4 Å². The van der Waals surface area contributed by atoms with Gasteiger partial charge in [-0.1, -0.05) is 18.7 Å². The van der Waals surface area contributed by atoms with Crippen molar-refractivity contribution < 1.29 is 18.7 Å². The molecule has 8 nitrogen and oxygen atoms in total. The van der Waals surface area contributed by atoms with Gasteiger partial charge >= 0.3 is 5.97 Å². The highest BCUT2D eigenvalue weighted by Gasteiger charge is 2.29. The smallest absolute Gasteiger partial charge is 0.341 e. The van der Waals surface area contributed by atoms with Gasteiger partial charge in [0.15, 0.2) is 16.7 Å². The first-order valence-corrected chi connectivity index (χ1v) is 11.4. The minimum absolute atomic E-state index is 0.143. The van der Waals surface area contributed by atoms with Gasteiger partial charge in [0.05, 0.1) is 24.7 Å². The maximum absolute atomic E-state index is 12.6. The lowest BCUT2D eigenvalue weighted by molar-refractivity contribution is -0.113. The van der Waals surface area contributed by atoms with Gasteiger partial charge in [-0.05, 0) is 42.9 Å². The van der Waals surface area contributed by atoms with Crippen molar-refractivity contribution in [3.8, 4) is 11.6 Å². The van der Waals surface area contributed by atoms with Crippen LogP contribution in [0.15, 0.2) is 28.0 Å². The molecule has 0 saturated heterocycles. The molecule has 0 radical (unpaired) electrons.